The first-order valence-corrected chi connectivity index (χ1v) is 7.81. The highest BCUT2D eigenvalue weighted by Gasteiger charge is 2.04. The lowest BCUT2D eigenvalue weighted by atomic mass is 10.1. The summed E-state index contributed by atoms with van der Waals surface area (Å²) in [6.07, 6.45) is 5.49. The van der Waals surface area contributed by atoms with Gasteiger partial charge in [-0.15, -0.1) is 0 Å². The molecule has 5 heteroatoms. The molecule has 0 radical (unpaired) electrons. The Labute approximate surface area is 141 Å². The Balaban J connectivity index is 1.67. The lowest BCUT2D eigenvalue weighted by Gasteiger charge is -2.11. The zero-order valence-electron chi connectivity index (χ0n) is 13.8. The number of nitrogens with zero attached hydrogens (tertiary/aromatic N) is 2. The number of anilines is 1. The third-order valence-electron chi connectivity index (χ3n) is 3.99. The van der Waals surface area contributed by atoms with Gasteiger partial charge in [0, 0.05) is 42.9 Å². The molecule has 0 fully saturated rings. The standard InChI is InChI=1S/C19H20N4O/c1-14-11-18(23-10-9-21-13-23)8-5-16(14)12-22-17-6-3-15(4-7-17)19(24)20-2/h3-11,13,22H,12H2,1-2H3,(H,20,24). The average Bonchev–Trinajstić information content (AvgIpc) is 3.15. The van der Waals surface area contributed by atoms with Gasteiger partial charge in [0.1, 0.15) is 0 Å². The maximum atomic E-state index is 11.5. The average molecular weight is 320 g/mol. The summed E-state index contributed by atoms with van der Waals surface area (Å²) in [6.45, 7) is 2.83. The van der Waals surface area contributed by atoms with E-state index in [2.05, 4.69) is 40.7 Å². The summed E-state index contributed by atoms with van der Waals surface area (Å²) >= 11 is 0. The Morgan fingerprint density at radius 3 is 2.58 bits per heavy atom. The SMILES string of the molecule is CNC(=O)c1ccc(NCc2ccc(-n3ccnc3)cc2C)cc1. The molecule has 0 saturated carbocycles. The minimum atomic E-state index is -0.0764. The van der Waals surface area contributed by atoms with E-state index in [1.54, 1.807) is 19.6 Å². The number of nitrogens with one attached hydrogen (secondary N) is 2. The number of carbonyl (C=O) groups is 1. The van der Waals surface area contributed by atoms with E-state index >= 15 is 0 Å². The highest BCUT2D eigenvalue weighted by molar-refractivity contribution is 5.94. The summed E-state index contributed by atoms with van der Waals surface area (Å²) in [6, 6.07) is 13.8. The van der Waals surface area contributed by atoms with Crippen molar-refractivity contribution in [2.45, 2.75) is 13.5 Å². The Bertz CT molecular complexity index is 823. The van der Waals surface area contributed by atoms with E-state index in [0.717, 1.165) is 17.9 Å². The first-order valence-electron chi connectivity index (χ1n) is 7.81. The topological polar surface area (TPSA) is 59.0 Å². The molecule has 0 bridgehead atoms. The van der Waals surface area contributed by atoms with Gasteiger partial charge in [0.05, 0.1) is 6.33 Å². The number of amides is 1. The molecule has 0 aliphatic carbocycles. The van der Waals surface area contributed by atoms with Gasteiger partial charge >= 0.3 is 0 Å². The Morgan fingerprint density at radius 2 is 1.96 bits per heavy atom. The van der Waals surface area contributed by atoms with E-state index in [9.17, 15) is 4.79 Å². The zero-order valence-corrected chi connectivity index (χ0v) is 13.8. The monoisotopic (exact) mass is 320 g/mol. The minimum absolute atomic E-state index is 0.0764. The van der Waals surface area contributed by atoms with Gasteiger partial charge in [-0.1, -0.05) is 6.07 Å². The predicted octanol–water partition coefficient (Wildman–Crippen LogP) is 3.15. The van der Waals surface area contributed by atoms with Gasteiger partial charge in [-0.2, -0.15) is 0 Å². The number of aryl methyl sites for hydroxylation is 1. The van der Waals surface area contributed by atoms with Gasteiger partial charge in [-0.25, -0.2) is 4.98 Å². The van der Waals surface area contributed by atoms with Crippen LogP contribution in [0.2, 0.25) is 0 Å². The molecular weight excluding hydrogens is 300 g/mol. The van der Waals surface area contributed by atoms with Crippen LogP contribution in [-0.2, 0) is 6.54 Å². The molecule has 24 heavy (non-hydrogen) atoms. The summed E-state index contributed by atoms with van der Waals surface area (Å²) < 4.78 is 1.99. The van der Waals surface area contributed by atoms with Crippen molar-refractivity contribution < 1.29 is 4.79 Å². The molecule has 5 nitrogen and oxygen atoms in total. The molecule has 3 rings (SSSR count). The normalized spacial score (nSPS) is 10.4. The Hall–Kier alpha value is -3.08. The quantitative estimate of drug-likeness (QED) is 0.759. The van der Waals surface area contributed by atoms with E-state index in [1.165, 1.54) is 11.1 Å². The minimum Gasteiger partial charge on any atom is -0.381 e. The predicted molar refractivity (Wildman–Crippen MR) is 95.5 cm³/mol. The number of imidazole rings is 1. The van der Waals surface area contributed by atoms with Gasteiger partial charge in [0.25, 0.3) is 5.91 Å². The van der Waals surface area contributed by atoms with Crippen LogP contribution in [0.4, 0.5) is 5.69 Å². The third kappa shape index (κ3) is 3.46. The van der Waals surface area contributed by atoms with E-state index in [1.807, 2.05) is 35.0 Å². The summed E-state index contributed by atoms with van der Waals surface area (Å²) in [7, 11) is 1.63. The second-order valence-electron chi connectivity index (χ2n) is 5.59. The fourth-order valence-electron chi connectivity index (χ4n) is 2.53. The fraction of sp³-hybridized carbons (Fsp3) is 0.158. The van der Waals surface area contributed by atoms with Gasteiger partial charge in [0.15, 0.2) is 0 Å². The van der Waals surface area contributed by atoms with Crippen molar-refractivity contribution in [1.29, 1.82) is 0 Å². The number of rotatable bonds is 5. The molecule has 3 aromatic rings. The summed E-state index contributed by atoms with van der Waals surface area (Å²) in [4.78, 5) is 15.6. The van der Waals surface area contributed by atoms with Crippen LogP contribution in [-0.4, -0.2) is 22.5 Å². The van der Waals surface area contributed by atoms with Crippen LogP contribution in [0.3, 0.4) is 0 Å². The van der Waals surface area contributed by atoms with Crippen LogP contribution >= 0.6 is 0 Å². The first-order chi connectivity index (χ1) is 11.7. The van der Waals surface area contributed by atoms with E-state index in [-0.39, 0.29) is 5.91 Å². The first kappa shape index (κ1) is 15.8. The van der Waals surface area contributed by atoms with Crippen molar-refractivity contribution in [3.05, 3.63) is 77.9 Å². The van der Waals surface area contributed by atoms with Crippen LogP contribution in [0.1, 0.15) is 21.5 Å². The van der Waals surface area contributed by atoms with Crippen LogP contribution in [0.25, 0.3) is 5.69 Å². The molecule has 0 aliphatic heterocycles. The van der Waals surface area contributed by atoms with Gasteiger partial charge < -0.3 is 15.2 Å². The van der Waals surface area contributed by atoms with Crippen LogP contribution in [0.15, 0.2) is 61.2 Å². The molecule has 2 N–H and O–H groups in total. The molecule has 0 aliphatic rings. The largest absolute Gasteiger partial charge is 0.381 e. The summed E-state index contributed by atoms with van der Waals surface area (Å²) in [5.74, 6) is -0.0764. The summed E-state index contributed by atoms with van der Waals surface area (Å²) in [5, 5.41) is 6.01. The Kier molecular flexibility index (Phi) is 4.61. The fourth-order valence-corrected chi connectivity index (χ4v) is 2.53. The van der Waals surface area contributed by atoms with Crippen LogP contribution < -0.4 is 10.6 Å². The van der Waals surface area contributed by atoms with Crippen molar-refractivity contribution >= 4 is 11.6 Å². The van der Waals surface area contributed by atoms with E-state index < -0.39 is 0 Å². The summed E-state index contributed by atoms with van der Waals surface area (Å²) in [5.41, 5.74) is 5.19. The van der Waals surface area contributed by atoms with Crippen molar-refractivity contribution in [3.8, 4) is 5.69 Å². The second-order valence-corrected chi connectivity index (χ2v) is 5.59. The van der Waals surface area contributed by atoms with Crippen LogP contribution in [0, 0.1) is 6.92 Å². The molecule has 0 saturated heterocycles. The molecule has 0 spiro atoms. The van der Waals surface area contributed by atoms with Crippen molar-refractivity contribution in [2.24, 2.45) is 0 Å². The molecular formula is C19H20N4O. The molecule has 1 aromatic heterocycles. The van der Waals surface area contributed by atoms with Crippen molar-refractivity contribution in [2.75, 3.05) is 12.4 Å². The second kappa shape index (κ2) is 7.00. The zero-order chi connectivity index (χ0) is 16.9. The van der Waals surface area contributed by atoms with Crippen molar-refractivity contribution in [3.63, 3.8) is 0 Å². The van der Waals surface area contributed by atoms with E-state index in [4.69, 9.17) is 0 Å². The Morgan fingerprint density at radius 1 is 1.17 bits per heavy atom. The molecule has 0 atom stereocenters. The maximum absolute atomic E-state index is 11.5. The lowest BCUT2D eigenvalue weighted by molar-refractivity contribution is 0.0963. The smallest absolute Gasteiger partial charge is 0.251 e. The van der Waals surface area contributed by atoms with Gasteiger partial charge in [0.2, 0.25) is 0 Å². The molecule has 1 amide bonds. The number of hydrogen-bond donors (Lipinski definition) is 2. The highest BCUT2D eigenvalue weighted by atomic mass is 16.1. The van der Waals surface area contributed by atoms with Gasteiger partial charge in [-0.05, 0) is 54.4 Å². The van der Waals surface area contributed by atoms with E-state index in [0.29, 0.717) is 5.56 Å². The molecule has 122 valence electrons. The molecule has 0 unspecified atom stereocenters. The number of aromatic nitrogens is 2. The van der Waals surface area contributed by atoms with Crippen molar-refractivity contribution in [1.82, 2.24) is 14.9 Å². The maximum Gasteiger partial charge on any atom is 0.251 e. The molecule has 1 heterocycles. The molecule has 2 aromatic carbocycles. The van der Waals surface area contributed by atoms with Gasteiger partial charge in [-0.3, -0.25) is 4.79 Å². The highest BCUT2D eigenvalue weighted by Crippen LogP contribution is 2.17. The number of hydrogen-bond acceptors (Lipinski definition) is 3. The number of benzene rings is 2. The lowest BCUT2D eigenvalue weighted by Crippen LogP contribution is -2.17. The van der Waals surface area contributed by atoms with Crippen LogP contribution in [0.5, 0.6) is 0 Å². The third-order valence-corrected chi connectivity index (χ3v) is 3.99. The number of carbonyl (C=O) groups excluding carboxylic acids is 1.